The Hall–Kier alpha value is -2.01. The zero-order chi connectivity index (χ0) is 15.2. The van der Waals surface area contributed by atoms with Crippen LogP contribution in [0.3, 0.4) is 0 Å². The average Bonchev–Trinajstić information content (AvgIpc) is 2.83. The molecule has 1 heterocycles. The van der Waals surface area contributed by atoms with Crippen LogP contribution in [0, 0.1) is 0 Å². The van der Waals surface area contributed by atoms with Gasteiger partial charge in [-0.15, -0.1) is 13.2 Å². The molecule has 0 saturated heterocycles. The normalized spacial score (nSPS) is 12.0. The van der Waals surface area contributed by atoms with Gasteiger partial charge in [-0.2, -0.15) is 0 Å². The van der Waals surface area contributed by atoms with Gasteiger partial charge in [0.2, 0.25) is 5.91 Å². The molecular weight excluding hydrogens is 282 g/mol. The molecule has 0 spiro atoms. The van der Waals surface area contributed by atoms with E-state index in [0.717, 1.165) is 16.2 Å². The predicted octanol–water partition coefficient (Wildman–Crippen LogP) is 3.01. The summed E-state index contributed by atoms with van der Waals surface area (Å²) in [7, 11) is 0. The number of benzene rings is 1. The third-order valence-electron chi connectivity index (χ3n) is 3.00. The molecular formula is C16H19N3OS. The molecule has 21 heavy (non-hydrogen) atoms. The first-order valence-corrected chi connectivity index (χ1v) is 7.66. The number of carbonyl (C=O) groups is 1. The van der Waals surface area contributed by atoms with E-state index in [1.54, 1.807) is 6.08 Å². The minimum Gasteiger partial charge on any atom is -0.352 e. The Morgan fingerprint density at radius 1 is 1.43 bits per heavy atom. The van der Waals surface area contributed by atoms with Crippen LogP contribution < -0.4 is 5.32 Å². The molecule has 1 unspecified atom stereocenters. The van der Waals surface area contributed by atoms with Crippen molar-refractivity contribution in [2.24, 2.45) is 0 Å². The van der Waals surface area contributed by atoms with Crippen LogP contribution in [-0.4, -0.2) is 27.3 Å². The molecule has 0 aliphatic heterocycles. The van der Waals surface area contributed by atoms with Crippen LogP contribution in [0.5, 0.6) is 0 Å². The largest absolute Gasteiger partial charge is 0.352 e. The van der Waals surface area contributed by atoms with Crippen molar-refractivity contribution in [1.82, 2.24) is 14.9 Å². The van der Waals surface area contributed by atoms with Crippen molar-refractivity contribution in [2.75, 3.05) is 6.54 Å². The number of nitrogens with one attached hydrogen (secondary N) is 1. The van der Waals surface area contributed by atoms with Crippen molar-refractivity contribution in [1.29, 1.82) is 0 Å². The number of fused-ring (bicyclic) bond motifs is 1. The highest BCUT2D eigenvalue weighted by atomic mass is 32.2. The van der Waals surface area contributed by atoms with Crippen LogP contribution in [0.2, 0.25) is 0 Å². The van der Waals surface area contributed by atoms with E-state index >= 15 is 0 Å². The fraction of sp³-hybridized carbons (Fsp3) is 0.250. The van der Waals surface area contributed by atoms with Gasteiger partial charge in [-0.1, -0.05) is 36.0 Å². The maximum absolute atomic E-state index is 12.0. The van der Waals surface area contributed by atoms with Crippen molar-refractivity contribution in [3.63, 3.8) is 0 Å². The van der Waals surface area contributed by atoms with Crippen LogP contribution in [-0.2, 0) is 11.3 Å². The molecule has 1 aromatic carbocycles. The van der Waals surface area contributed by atoms with Gasteiger partial charge in [-0.3, -0.25) is 4.79 Å². The van der Waals surface area contributed by atoms with E-state index in [2.05, 4.69) is 28.0 Å². The molecule has 110 valence electrons. The van der Waals surface area contributed by atoms with Crippen molar-refractivity contribution in [2.45, 2.75) is 23.9 Å². The van der Waals surface area contributed by atoms with E-state index in [0.29, 0.717) is 13.1 Å². The summed E-state index contributed by atoms with van der Waals surface area (Å²) in [6, 6.07) is 7.94. The second kappa shape index (κ2) is 7.13. The summed E-state index contributed by atoms with van der Waals surface area (Å²) in [6.07, 6.45) is 3.50. The monoisotopic (exact) mass is 301 g/mol. The fourth-order valence-corrected chi connectivity index (χ4v) is 2.93. The molecule has 1 amide bonds. The number of para-hydroxylation sites is 2. The lowest BCUT2D eigenvalue weighted by Gasteiger charge is -2.11. The Balaban J connectivity index is 2.24. The van der Waals surface area contributed by atoms with E-state index in [4.69, 9.17) is 0 Å². The van der Waals surface area contributed by atoms with Gasteiger partial charge in [0.1, 0.15) is 0 Å². The first-order valence-electron chi connectivity index (χ1n) is 6.78. The minimum atomic E-state index is -0.217. The van der Waals surface area contributed by atoms with E-state index in [1.165, 1.54) is 11.8 Å². The standard InChI is InChI=1S/C16H19N3OS/c1-4-10-17-15(20)12(3)21-16-18-13-8-6-7-9-14(13)19(16)11-5-2/h4-9,12H,1-2,10-11H2,3H3,(H,17,20). The first kappa shape index (κ1) is 15.4. The summed E-state index contributed by atoms with van der Waals surface area (Å²) >= 11 is 1.45. The Morgan fingerprint density at radius 2 is 2.19 bits per heavy atom. The number of hydrogen-bond acceptors (Lipinski definition) is 3. The highest BCUT2D eigenvalue weighted by molar-refractivity contribution is 8.00. The Bertz CT molecular complexity index is 663. The number of allylic oxidation sites excluding steroid dienone is 1. The number of nitrogens with zero attached hydrogens (tertiary/aromatic N) is 2. The van der Waals surface area contributed by atoms with E-state index < -0.39 is 0 Å². The highest BCUT2D eigenvalue weighted by Crippen LogP contribution is 2.27. The van der Waals surface area contributed by atoms with Gasteiger partial charge in [0.25, 0.3) is 0 Å². The van der Waals surface area contributed by atoms with E-state index in [9.17, 15) is 4.79 Å². The van der Waals surface area contributed by atoms with Crippen LogP contribution in [0.1, 0.15) is 6.92 Å². The van der Waals surface area contributed by atoms with Gasteiger partial charge in [-0.05, 0) is 19.1 Å². The molecule has 5 heteroatoms. The van der Waals surface area contributed by atoms with Crippen LogP contribution >= 0.6 is 11.8 Å². The van der Waals surface area contributed by atoms with Gasteiger partial charge < -0.3 is 9.88 Å². The van der Waals surface area contributed by atoms with Gasteiger partial charge in [-0.25, -0.2) is 4.98 Å². The third-order valence-corrected chi connectivity index (χ3v) is 4.09. The average molecular weight is 301 g/mol. The second-order valence-corrected chi connectivity index (χ2v) is 5.88. The summed E-state index contributed by atoms with van der Waals surface area (Å²) in [5.74, 6) is -0.0166. The SMILES string of the molecule is C=CCNC(=O)C(C)Sc1nc2ccccc2n1CC=C. The summed E-state index contributed by atoms with van der Waals surface area (Å²) < 4.78 is 2.07. The highest BCUT2D eigenvalue weighted by Gasteiger charge is 2.18. The van der Waals surface area contributed by atoms with Crippen molar-refractivity contribution in [3.05, 3.63) is 49.6 Å². The van der Waals surface area contributed by atoms with Crippen molar-refractivity contribution < 1.29 is 4.79 Å². The number of thioether (sulfide) groups is 1. The molecule has 1 N–H and O–H groups in total. The lowest BCUT2D eigenvalue weighted by atomic mass is 10.3. The van der Waals surface area contributed by atoms with Crippen LogP contribution in [0.25, 0.3) is 11.0 Å². The zero-order valence-electron chi connectivity index (χ0n) is 12.1. The smallest absolute Gasteiger partial charge is 0.233 e. The predicted molar refractivity (Wildman–Crippen MR) is 88.5 cm³/mol. The van der Waals surface area contributed by atoms with Crippen LogP contribution in [0.15, 0.2) is 54.7 Å². The van der Waals surface area contributed by atoms with Crippen molar-refractivity contribution >= 4 is 28.7 Å². The third kappa shape index (κ3) is 3.55. The van der Waals surface area contributed by atoms with Crippen molar-refractivity contribution in [3.8, 4) is 0 Å². The second-order valence-electron chi connectivity index (χ2n) is 4.58. The molecule has 1 aromatic heterocycles. The molecule has 0 aliphatic carbocycles. The summed E-state index contributed by atoms with van der Waals surface area (Å²) in [5.41, 5.74) is 1.99. The van der Waals surface area contributed by atoms with Gasteiger partial charge >= 0.3 is 0 Å². The molecule has 0 saturated carbocycles. The molecule has 4 nitrogen and oxygen atoms in total. The quantitative estimate of drug-likeness (QED) is 0.631. The molecule has 0 radical (unpaired) electrons. The Morgan fingerprint density at radius 3 is 2.90 bits per heavy atom. The number of carbonyl (C=O) groups excluding carboxylic acids is 1. The number of imidazole rings is 1. The Kier molecular flexibility index (Phi) is 5.22. The zero-order valence-corrected chi connectivity index (χ0v) is 12.9. The minimum absolute atomic E-state index is 0.0166. The molecule has 1 atom stereocenters. The molecule has 0 fully saturated rings. The Labute approximate surface area is 128 Å². The lowest BCUT2D eigenvalue weighted by molar-refractivity contribution is -0.120. The van der Waals surface area contributed by atoms with E-state index in [-0.39, 0.29) is 11.2 Å². The maximum atomic E-state index is 12.0. The summed E-state index contributed by atoms with van der Waals surface area (Å²) in [5, 5.41) is 3.42. The van der Waals surface area contributed by atoms with Crippen LogP contribution in [0.4, 0.5) is 0 Å². The fourth-order valence-electron chi connectivity index (χ4n) is 1.98. The molecule has 0 bridgehead atoms. The number of amides is 1. The summed E-state index contributed by atoms with van der Waals surface area (Å²) in [6.45, 7) is 10.4. The van der Waals surface area contributed by atoms with Gasteiger partial charge in [0.15, 0.2) is 5.16 Å². The molecule has 2 rings (SSSR count). The van der Waals surface area contributed by atoms with Gasteiger partial charge in [0, 0.05) is 13.1 Å². The topological polar surface area (TPSA) is 46.9 Å². The lowest BCUT2D eigenvalue weighted by Crippen LogP contribution is -2.31. The number of rotatable bonds is 7. The number of aromatic nitrogens is 2. The molecule has 2 aromatic rings. The molecule has 0 aliphatic rings. The maximum Gasteiger partial charge on any atom is 0.233 e. The van der Waals surface area contributed by atoms with Gasteiger partial charge in [0.05, 0.1) is 16.3 Å². The number of hydrogen-bond donors (Lipinski definition) is 1. The first-order chi connectivity index (χ1) is 10.2. The summed E-state index contributed by atoms with van der Waals surface area (Å²) in [4.78, 5) is 16.6. The van der Waals surface area contributed by atoms with E-state index in [1.807, 2.05) is 37.3 Å².